The fraction of sp³-hybridized carbons (Fsp3) is 0.167. The van der Waals surface area contributed by atoms with Gasteiger partial charge in [0, 0.05) is 30.8 Å². The van der Waals surface area contributed by atoms with E-state index in [1.807, 2.05) is 30.3 Å². The van der Waals surface area contributed by atoms with Gasteiger partial charge in [-0.3, -0.25) is 14.3 Å². The number of nitrogens with zero attached hydrogens (tertiary/aromatic N) is 2. The number of aromatic hydroxyl groups is 1. The molecule has 32 heavy (non-hydrogen) atoms. The van der Waals surface area contributed by atoms with Crippen LogP contribution in [0.2, 0.25) is 5.02 Å². The Bertz CT molecular complexity index is 1210. The molecule has 1 aliphatic rings. The monoisotopic (exact) mass is 451 g/mol. The summed E-state index contributed by atoms with van der Waals surface area (Å²) < 4.78 is 7.28. The molecule has 0 saturated heterocycles. The summed E-state index contributed by atoms with van der Waals surface area (Å²) in [5, 5.41) is 10.5. The average Bonchev–Trinajstić information content (AvgIpc) is 2.79. The number of para-hydroxylation sites is 1. The highest BCUT2D eigenvalue weighted by Crippen LogP contribution is 2.30. The summed E-state index contributed by atoms with van der Waals surface area (Å²) in [6.45, 7) is 0.810. The smallest absolute Gasteiger partial charge is 0.278 e. The predicted octanol–water partition coefficient (Wildman–Crippen LogP) is 3.39. The molecule has 0 atom stereocenters. The standard InChI is InChI=1S/C24H22ClN3O4/c25-19-10-6-9-18(15-17-7-2-1-3-8-17)23(19)32-14-5-4-12-27-16-26-28-13-11-20(29)22(30)21(28)24(27)31/h1-11,13,26,30H,12,14-16H2/b5-4+. The van der Waals surface area contributed by atoms with Crippen LogP contribution < -0.4 is 15.6 Å². The van der Waals surface area contributed by atoms with Crippen molar-refractivity contribution in [1.82, 2.24) is 9.58 Å². The molecule has 0 fully saturated rings. The van der Waals surface area contributed by atoms with Crippen molar-refractivity contribution in [2.45, 2.75) is 6.42 Å². The minimum absolute atomic E-state index is 0.0741. The maximum absolute atomic E-state index is 12.6. The lowest BCUT2D eigenvalue weighted by Crippen LogP contribution is -2.46. The zero-order chi connectivity index (χ0) is 22.5. The first-order valence-corrected chi connectivity index (χ1v) is 10.5. The highest BCUT2D eigenvalue weighted by molar-refractivity contribution is 6.32. The molecule has 0 unspecified atom stereocenters. The third-order valence-electron chi connectivity index (χ3n) is 5.10. The molecule has 2 heterocycles. The Morgan fingerprint density at radius 1 is 1.06 bits per heavy atom. The van der Waals surface area contributed by atoms with Crippen LogP contribution in [0.15, 0.2) is 77.7 Å². The van der Waals surface area contributed by atoms with Crippen LogP contribution in [-0.4, -0.2) is 40.4 Å². The van der Waals surface area contributed by atoms with Crippen molar-refractivity contribution in [3.05, 3.63) is 105 Å². The number of pyridine rings is 1. The summed E-state index contributed by atoms with van der Waals surface area (Å²) in [5.41, 5.74) is 4.44. The molecule has 3 aromatic rings. The van der Waals surface area contributed by atoms with E-state index in [-0.39, 0.29) is 25.5 Å². The largest absolute Gasteiger partial charge is 0.502 e. The fourth-order valence-electron chi connectivity index (χ4n) is 3.46. The van der Waals surface area contributed by atoms with Crippen molar-refractivity contribution < 1.29 is 14.6 Å². The Morgan fingerprint density at radius 3 is 2.69 bits per heavy atom. The number of carbonyl (C=O) groups is 1. The van der Waals surface area contributed by atoms with Gasteiger partial charge in [0.05, 0.1) is 5.02 Å². The van der Waals surface area contributed by atoms with Crippen molar-refractivity contribution in [3.63, 3.8) is 0 Å². The molecule has 8 heteroatoms. The van der Waals surface area contributed by atoms with Crippen molar-refractivity contribution >= 4 is 17.5 Å². The molecule has 0 bridgehead atoms. The van der Waals surface area contributed by atoms with E-state index >= 15 is 0 Å². The molecule has 164 valence electrons. The molecule has 1 amide bonds. The molecule has 2 aromatic carbocycles. The average molecular weight is 452 g/mol. The second-order valence-electron chi connectivity index (χ2n) is 7.26. The quantitative estimate of drug-likeness (QED) is 0.538. The number of amides is 1. The summed E-state index contributed by atoms with van der Waals surface area (Å²) in [7, 11) is 0. The Morgan fingerprint density at radius 2 is 1.88 bits per heavy atom. The van der Waals surface area contributed by atoms with E-state index in [4.69, 9.17) is 16.3 Å². The number of carbonyl (C=O) groups excluding carboxylic acids is 1. The molecule has 1 aliphatic heterocycles. The summed E-state index contributed by atoms with van der Waals surface area (Å²) in [4.78, 5) is 25.7. The lowest BCUT2D eigenvalue weighted by molar-refractivity contribution is 0.0741. The third kappa shape index (κ3) is 4.63. The SMILES string of the molecule is O=C1c2c(O)c(=O)ccn2NCN1C/C=C/COc1c(Cl)cccc1Cc1ccccc1. The van der Waals surface area contributed by atoms with Gasteiger partial charge in [-0.2, -0.15) is 0 Å². The zero-order valence-electron chi connectivity index (χ0n) is 17.2. The third-order valence-corrected chi connectivity index (χ3v) is 5.40. The van der Waals surface area contributed by atoms with Crippen molar-refractivity contribution in [2.75, 3.05) is 25.2 Å². The lowest BCUT2D eigenvalue weighted by atomic mass is 10.0. The number of rotatable bonds is 7. The molecule has 0 radical (unpaired) electrons. The van der Waals surface area contributed by atoms with Crippen LogP contribution in [-0.2, 0) is 6.42 Å². The van der Waals surface area contributed by atoms with Gasteiger partial charge in [-0.15, -0.1) is 0 Å². The number of ether oxygens (including phenoxy) is 1. The molecule has 4 rings (SSSR count). The van der Waals surface area contributed by atoms with Crippen LogP contribution in [0, 0.1) is 0 Å². The van der Waals surface area contributed by atoms with Crippen LogP contribution in [0.1, 0.15) is 21.6 Å². The molecule has 0 saturated carbocycles. The molecule has 1 aromatic heterocycles. The number of aromatic nitrogens is 1. The number of halogens is 1. The fourth-order valence-corrected chi connectivity index (χ4v) is 3.71. The predicted molar refractivity (Wildman–Crippen MR) is 123 cm³/mol. The number of hydrogen-bond donors (Lipinski definition) is 2. The van der Waals surface area contributed by atoms with E-state index in [1.54, 1.807) is 18.2 Å². The maximum Gasteiger partial charge on any atom is 0.278 e. The zero-order valence-corrected chi connectivity index (χ0v) is 18.0. The van der Waals surface area contributed by atoms with Gasteiger partial charge in [-0.25, -0.2) is 0 Å². The first-order valence-electron chi connectivity index (χ1n) is 10.1. The van der Waals surface area contributed by atoms with Crippen LogP contribution in [0.5, 0.6) is 11.5 Å². The van der Waals surface area contributed by atoms with Gasteiger partial charge < -0.3 is 20.2 Å². The van der Waals surface area contributed by atoms with Gasteiger partial charge in [-0.05, 0) is 17.7 Å². The van der Waals surface area contributed by atoms with Gasteiger partial charge >= 0.3 is 0 Å². The van der Waals surface area contributed by atoms with E-state index < -0.39 is 17.1 Å². The first-order chi connectivity index (χ1) is 15.5. The van der Waals surface area contributed by atoms with Crippen LogP contribution >= 0.6 is 11.6 Å². The van der Waals surface area contributed by atoms with Crippen LogP contribution in [0.25, 0.3) is 0 Å². The summed E-state index contributed by atoms with van der Waals surface area (Å²) in [6, 6.07) is 17.0. The van der Waals surface area contributed by atoms with E-state index in [9.17, 15) is 14.7 Å². The van der Waals surface area contributed by atoms with Gasteiger partial charge in [-0.1, -0.05) is 60.1 Å². The van der Waals surface area contributed by atoms with E-state index in [0.717, 1.165) is 11.1 Å². The second kappa shape index (κ2) is 9.62. The van der Waals surface area contributed by atoms with Gasteiger partial charge in [0.25, 0.3) is 5.91 Å². The molecular formula is C24H22ClN3O4. The van der Waals surface area contributed by atoms with Gasteiger partial charge in [0.15, 0.2) is 11.4 Å². The Kier molecular flexibility index (Phi) is 6.47. The normalized spacial score (nSPS) is 13.2. The van der Waals surface area contributed by atoms with Crippen LogP contribution in [0.4, 0.5) is 0 Å². The number of hydrogen-bond acceptors (Lipinski definition) is 5. The van der Waals surface area contributed by atoms with E-state index in [0.29, 0.717) is 17.2 Å². The van der Waals surface area contributed by atoms with E-state index in [2.05, 4.69) is 17.6 Å². The highest BCUT2D eigenvalue weighted by atomic mass is 35.5. The molecular weight excluding hydrogens is 430 g/mol. The van der Waals surface area contributed by atoms with Gasteiger partial charge in [0.1, 0.15) is 19.0 Å². The topological polar surface area (TPSA) is 83.8 Å². The molecule has 7 nitrogen and oxygen atoms in total. The maximum atomic E-state index is 12.6. The number of fused-ring (bicyclic) bond motifs is 1. The minimum Gasteiger partial charge on any atom is -0.502 e. The summed E-state index contributed by atoms with van der Waals surface area (Å²) >= 11 is 6.36. The molecule has 0 spiro atoms. The van der Waals surface area contributed by atoms with Gasteiger partial charge in [0.2, 0.25) is 5.43 Å². The van der Waals surface area contributed by atoms with Crippen molar-refractivity contribution in [2.24, 2.45) is 0 Å². The molecule has 2 N–H and O–H groups in total. The second-order valence-corrected chi connectivity index (χ2v) is 7.67. The Labute approximate surface area is 190 Å². The lowest BCUT2D eigenvalue weighted by Gasteiger charge is -2.30. The van der Waals surface area contributed by atoms with E-state index in [1.165, 1.54) is 21.8 Å². The molecule has 0 aliphatic carbocycles. The Balaban J connectivity index is 1.37. The highest BCUT2D eigenvalue weighted by Gasteiger charge is 2.27. The summed E-state index contributed by atoms with van der Waals surface area (Å²) in [5.74, 6) is -0.357. The van der Waals surface area contributed by atoms with Crippen LogP contribution in [0.3, 0.4) is 0 Å². The van der Waals surface area contributed by atoms with Crippen molar-refractivity contribution in [1.29, 1.82) is 0 Å². The number of nitrogens with one attached hydrogen (secondary N) is 1. The summed E-state index contributed by atoms with van der Waals surface area (Å²) in [6.07, 6.45) is 5.72. The number of benzene rings is 2. The van der Waals surface area contributed by atoms with Crippen molar-refractivity contribution in [3.8, 4) is 11.5 Å². The first kappa shape index (κ1) is 21.5. The minimum atomic E-state index is -0.594. The Hall–Kier alpha value is -3.71.